The van der Waals surface area contributed by atoms with Gasteiger partial charge < -0.3 is 5.11 Å². The van der Waals surface area contributed by atoms with E-state index in [1.165, 1.54) is 0 Å². The molecule has 64 valence electrons. The first-order chi connectivity index (χ1) is 5.29. The van der Waals surface area contributed by atoms with Crippen LogP contribution in [0.2, 0.25) is 0 Å². The Morgan fingerprint density at radius 3 is 2.33 bits per heavy atom. The Hall–Kier alpha value is -0.245. The standard InChI is InChI=1S/C9H8O2.Gd/c10-9(11)7-6-8-4-2-1-3-5-8;/h1-7H,(H,10,11);/b7-6+;. The van der Waals surface area contributed by atoms with Crippen LogP contribution in [0.1, 0.15) is 5.56 Å². The number of hydrogen-bond donors (Lipinski definition) is 1. The third kappa shape index (κ3) is 4.60. The molecule has 0 saturated carbocycles. The summed E-state index contributed by atoms with van der Waals surface area (Å²) >= 11 is 0. The Balaban J connectivity index is 0.00000121. The molecule has 0 unspecified atom stereocenters. The van der Waals surface area contributed by atoms with E-state index in [2.05, 4.69) is 0 Å². The first-order valence-corrected chi connectivity index (χ1v) is 3.25. The van der Waals surface area contributed by atoms with E-state index in [0.29, 0.717) is 0 Å². The van der Waals surface area contributed by atoms with Crippen LogP contribution in [0, 0.1) is 39.9 Å². The van der Waals surface area contributed by atoms with E-state index in [4.69, 9.17) is 5.11 Å². The largest absolute Gasteiger partial charge is 0.478 e. The molecule has 1 N–H and O–H groups in total. The van der Waals surface area contributed by atoms with Gasteiger partial charge in [-0.05, 0) is 11.6 Å². The van der Waals surface area contributed by atoms with Crippen LogP contribution in [0.15, 0.2) is 36.4 Å². The summed E-state index contributed by atoms with van der Waals surface area (Å²) in [6.45, 7) is 0. The van der Waals surface area contributed by atoms with Crippen molar-refractivity contribution in [3.63, 3.8) is 0 Å². The number of carbonyl (C=O) groups is 1. The number of carboxylic acids is 1. The molecular weight excluding hydrogens is 297 g/mol. The second-order valence-corrected chi connectivity index (χ2v) is 2.08. The van der Waals surface area contributed by atoms with Gasteiger partial charge in [0.15, 0.2) is 0 Å². The van der Waals surface area contributed by atoms with Gasteiger partial charge in [0.05, 0.1) is 0 Å². The van der Waals surface area contributed by atoms with Crippen molar-refractivity contribution in [3.05, 3.63) is 42.0 Å². The van der Waals surface area contributed by atoms with Gasteiger partial charge in [-0.1, -0.05) is 30.3 Å². The number of carboxylic acid groups (broad SMARTS) is 1. The van der Waals surface area contributed by atoms with E-state index in [0.717, 1.165) is 11.6 Å². The van der Waals surface area contributed by atoms with Gasteiger partial charge in [-0.25, -0.2) is 4.79 Å². The van der Waals surface area contributed by atoms with E-state index in [1.807, 2.05) is 30.3 Å². The van der Waals surface area contributed by atoms with Crippen molar-refractivity contribution in [2.24, 2.45) is 0 Å². The number of benzene rings is 1. The normalized spacial score (nSPS) is 9.33. The van der Waals surface area contributed by atoms with Crippen molar-refractivity contribution in [3.8, 4) is 0 Å². The van der Waals surface area contributed by atoms with Crippen LogP contribution in [-0.2, 0) is 4.79 Å². The molecule has 0 heterocycles. The summed E-state index contributed by atoms with van der Waals surface area (Å²) in [5.41, 5.74) is 0.898. The summed E-state index contributed by atoms with van der Waals surface area (Å²) in [7, 11) is 0. The summed E-state index contributed by atoms with van der Waals surface area (Å²) in [5, 5.41) is 8.29. The molecule has 0 saturated heterocycles. The number of rotatable bonds is 2. The third-order valence-electron chi connectivity index (χ3n) is 1.22. The van der Waals surface area contributed by atoms with Crippen LogP contribution < -0.4 is 0 Å². The molecule has 1 rings (SSSR count). The Kier molecular flexibility index (Phi) is 6.16. The fourth-order valence-corrected chi connectivity index (χ4v) is 0.732. The number of aliphatic carboxylic acids is 1. The summed E-state index contributed by atoms with van der Waals surface area (Å²) in [4.78, 5) is 10.1. The van der Waals surface area contributed by atoms with Gasteiger partial charge in [0.25, 0.3) is 0 Å². The molecule has 0 atom stereocenters. The van der Waals surface area contributed by atoms with Crippen LogP contribution in [0.5, 0.6) is 0 Å². The zero-order valence-corrected chi connectivity index (χ0v) is 8.52. The molecule has 0 radical (unpaired) electrons. The topological polar surface area (TPSA) is 37.3 Å². The second-order valence-electron chi connectivity index (χ2n) is 2.08. The summed E-state index contributed by atoms with van der Waals surface area (Å²) in [6, 6.07) is 9.31. The quantitative estimate of drug-likeness (QED) is 0.846. The minimum absolute atomic E-state index is 0. The van der Waals surface area contributed by atoms with E-state index in [-0.39, 0.29) is 39.9 Å². The van der Waals surface area contributed by atoms with Gasteiger partial charge in [-0.3, -0.25) is 0 Å². The SMILES string of the molecule is O=C(O)/C=C/c1ccccc1.[Gd]. The van der Waals surface area contributed by atoms with Gasteiger partial charge in [0.2, 0.25) is 0 Å². The zero-order valence-electron chi connectivity index (χ0n) is 6.25. The maximum absolute atomic E-state index is 10.1. The Morgan fingerprint density at radius 1 is 1.25 bits per heavy atom. The maximum Gasteiger partial charge on any atom is 0.328 e. The Bertz CT molecular complexity index is 267. The van der Waals surface area contributed by atoms with Gasteiger partial charge in [-0.15, -0.1) is 0 Å². The molecule has 0 aliphatic carbocycles. The zero-order chi connectivity index (χ0) is 8.10. The monoisotopic (exact) mass is 306 g/mol. The smallest absolute Gasteiger partial charge is 0.328 e. The van der Waals surface area contributed by atoms with Gasteiger partial charge in [-0.2, -0.15) is 0 Å². The van der Waals surface area contributed by atoms with Crippen molar-refractivity contribution in [1.82, 2.24) is 0 Å². The molecule has 0 amide bonds. The average molecular weight is 305 g/mol. The molecule has 2 nitrogen and oxygen atoms in total. The fraction of sp³-hybridized carbons (Fsp3) is 0. The third-order valence-corrected chi connectivity index (χ3v) is 1.22. The molecule has 1 aromatic carbocycles. The van der Waals surface area contributed by atoms with Crippen LogP contribution in [-0.4, -0.2) is 11.1 Å². The minimum atomic E-state index is -0.922. The molecule has 0 fully saturated rings. The van der Waals surface area contributed by atoms with Gasteiger partial charge >= 0.3 is 5.97 Å². The van der Waals surface area contributed by atoms with Crippen LogP contribution in [0.3, 0.4) is 0 Å². The predicted octanol–water partition coefficient (Wildman–Crippen LogP) is 1.78. The van der Waals surface area contributed by atoms with Crippen molar-refractivity contribution >= 4 is 12.0 Å². The predicted molar refractivity (Wildman–Crippen MR) is 43.1 cm³/mol. The molecular formula is C9H8GdO2. The first kappa shape index (κ1) is 11.8. The summed E-state index contributed by atoms with van der Waals surface area (Å²) in [6.07, 6.45) is 2.68. The molecule has 3 heteroatoms. The molecule has 0 bridgehead atoms. The van der Waals surface area contributed by atoms with Crippen molar-refractivity contribution in [2.75, 3.05) is 0 Å². The Morgan fingerprint density at radius 2 is 1.83 bits per heavy atom. The van der Waals surface area contributed by atoms with E-state index in [1.54, 1.807) is 6.08 Å². The van der Waals surface area contributed by atoms with Crippen LogP contribution in [0.4, 0.5) is 0 Å². The number of hydrogen-bond acceptors (Lipinski definition) is 1. The van der Waals surface area contributed by atoms with Crippen molar-refractivity contribution < 1.29 is 49.8 Å². The summed E-state index contributed by atoms with van der Waals surface area (Å²) in [5.74, 6) is -0.922. The molecule has 0 aliphatic rings. The maximum atomic E-state index is 10.1. The second kappa shape index (κ2) is 6.29. The Labute approximate surface area is 103 Å². The molecule has 0 aliphatic heterocycles. The molecule has 1 aromatic rings. The molecule has 0 aromatic heterocycles. The van der Waals surface area contributed by atoms with Crippen LogP contribution in [0.25, 0.3) is 6.08 Å². The van der Waals surface area contributed by atoms with Gasteiger partial charge in [0.1, 0.15) is 0 Å². The molecule has 12 heavy (non-hydrogen) atoms. The van der Waals surface area contributed by atoms with Crippen LogP contribution >= 0.6 is 0 Å². The fourth-order valence-electron chi connectivity index (χ4n) is 0.732. The summed E-state index contributed by atoms with van der Waals surface area (Å²) < 4.78 is 0. The van der Waals surface area contributed by atoms with Crippen molar-refractivity contribution in [2.45, 2.75) is 0 Å². The molecule has 0 spiro atoms. The first-order valence-electron chi connectivity index (χ1n) is 3.25. The van der Waals surface area contributed by atoms with Gasteiger partial charge in [0, 0.05) is 46.0 Å². The van der Waals surface area contributed by atoms with Crippen molar-refractivity contribution in [1.29, 1.82) is 0 Å². The minimum Gasteiger partial charge on any atom is -0.478 e. The van der Waals surface area contributed by atoms with E-state index in [9.17, 15) is 4.79 Å². The van der Waals surface area contributed by atoms with E-state index >= 15 is 0 Å². The average Bonchev–Trinajstić information content (AvgIpc) is 2.03. The van der Waals surface area contributed by atoms with E-state index < -0.39 is 5.97 Å².